The van der Waals surface area contributed by atoms with E-state index in [2.05, 4.69) is 41.0 Å². The third-order valence-electron chi connectivity index (χ3n) is 3.80. The van der Waals surface area contributed by atoms with Crippen LogP contribution in [-0.4, -0.2) is 7.11 Å². The predicted octanol–water partition coefficient (Wildman–Crippen LogP) is 3.60. The molecule has 2 N–H and O–H groups in total. The summed E-state index contributed by atoms with van der Waals surface area (Å²) in [5.41, 5.74) is 2.60. The number of benzene rings is 2. The Morgan fingerprint density at radius 1 is 0.833 bits per heavy atom. The molecule has 0 amide bonds. The fourth-order valence-corrected chi connectivity index (χ4v) is 3.05. The minimum absolute atomic E-state index is 0.639. The van der Waals surface area contributed by atoms with Gasteiger partial charge in [0.2, 0.25) is 0 Å². The van der Waals surface area contributed by atoms with Crippen molar-refractivity contribution in [3.05, 3.63) is 82.0 Å². The van der Waals surface area contributed by atoms with Crippen molar-refractivity contribution in [2.45, 2.75) is 19.7 Å². The van der Waals surface area contributed by atoms with Crippen LogP contribution in [-0.2, 0) is 19.7 Å². The maximum Gasteiger partial charge on any atom is 0.122 e. The molecular formula is C20H22NO2S+. The highest BCUT2D eigenvalue weighted by atomic mass is 32.1. The van der Waals surface area contributed by atoms with Crippen molar-refractivity contribution in [1.82, 2.24) is 0 Å². The zero-order valence-electron chi connectivity index (χ0n) is 13.8. The zero-order chi connectivity index (χ0) is 16.6. The Balaban J connectivity index is 1.43. The van der Waals surface area contributed by atoms with Gasteiger partial charge in [0.15, 0.2) is 0 Å². The number of hydrogen-bond donors (Lipinski definition) is 1. The first-order chi connectivity index (χ1) is 11.8. The molecule has 0 unspecified atom stereocenters. The van der Waals surface area contributed by atoms with Crippen molar-refractivity contribution < 1.29 is 14.8 Å². The molecule has 1 aromatic heterocycles. The Labute approximate surface area is 146 Å². The maximum absolute atomic E-state index is 5.79. The summed E-state index contributed by atoms with van der Waals surface area (Å²) in [6, 6.07) is 20.7. The van der Waals surface area contributed by atoms with Gasteiger partial charge in [-0.25, -0.2) is 0 Å². The monoisotopic (exact) mass is 340 g/mol. The van der Waals surface area contributed by atoms with Gasteiger partial charge in [0, 0.05) is 16.0 Å². The van der Waals surface area contributed by atoms with E-state index >= 15 is 0 Å². The molecule has 0 bridgehead atoms. The van der Waals surface area contributed by atoms with Crippen molar-refractivity contribution in [2.24, 2.45) is 0 Å². The summed E-state index contributed by atoms with van der Waals surface area (Å²) >= 11 is 1.72. The van der Waals surface area contributed by atoms with E-state index in [-0.39, 0.29) is 0 Å². The molecule has 0 fully saturated rings. The van der Waals surface area contributed by atoms with E-state index < -0.39 is 0 Å². The molecule has 0 saturated carbocycles. The van der Waals surface area contributed by atoms with E-state index in [1.807, 2.05) is 30.3 Å². The van der Waals surface area contributed by atoms with Gasteiger partial charge in [-0.3, -0.25) is 0 Å². The van der Waals surface area contributed by atoms with Crippen molar-refractivity contribution in [1.29, 1.82) is 0 Å². The van der Waals surface area contributed by atoms with E-state index in [0.29, 0.717) is 6.61 Å². The number of nitrogens with two attached hydrogens (primary N) is 1. The topological polar surface area (TPSA) is 35.1 Å². The zero-order valence-corrected chi connectivity index (χ0v) is 14.6. The van der Waals surface area contributed by atoms with Gasteiger partial charge in [0.05, 0.1) is 7.11 Å². The van der Waals surface area contributed by atoms with Gasteiger partial charge >= 0.3 is 0 Å². The molecule has 24 heavy (non-hydrogen) atoms. The van der Waals surface area contributed by atoms with Crippen LogP contribution < -0.4 is 14.8 Å². The molecule has 0 spiro atoms. The lowest BCUT2D eigenvalue weighted by Gasteiger charge is -2.06. The lowest BCUT2D eigenvalue weighted by molar-refractivity contribution is -0.686. The molecule has 0 atom stereocenters. The largest absolute Gasteiger partial charge is 0.497 e. The van der Waals surface area contributed by atoms with Crippen molar-refractivity contribution >= 4 is 11.3 Å². The fourth-order valence-electron chi connectivity index (χ4n) is 2.44. The average Bonchev–Trinajstić information content (AvgIpc) is 3.15. The molecule has 3 nitrogen and oxygen atoms in total. The third-order valence-corrected chi connectivity index (χ3v) is 4.65. The van der Waals surface area contributed by atoms with E-state index in [9.17, 15) is 0 Å². The van der Waals surface area contributed by atoms with Crippen LogP contribution in [0.25, 0.3) is 0 Å². The van der Waals surface area contributed by atoms with Crippen LogP contribution in [0.3, 0.4) is 0 Å². The molecule has 0 saturated heterocycles. The van der Waals surface area contributed by atoms with Crippen LogP contribution in [0.4, 0.5) is 0 Å². The summed E-state index contributed by atoms with van der Waals surface area (Å²) in [4.78, 5) is 1.24. The Morgan fingerprint density at radius 2 is 1.46 bits per heavy atom. The molecule has 1 heterocycles. The highest BCUT2D eigenvalue weighted by molar-refractivity contribution is 7.09. The van der Waals surface area contributed by atoms with Gasteiger partial charge in [0.1, 0.15) is 31.2 Å². The summed E-state index contributed by atoms with van der Waals surface area (Å²) in [6.07, 6.45) is 0. The van der Waals surface area contributed by atoms with Crippen LogP contribution in [0.2, 0.25) is 0 Å². The van der Waals surface area contributed by atoms with Crippen LogP contribution in [0.1, 0.15) is 16.0 Å². The first-order valence-corrected chi connectivity index (χ1v) is 8.90. The molecule has 0 aliphatic heterocycles. The minimum atomic E-state index is 0.639. The number of ether oxygens (including phenoxy) is 2. The van der Waals surface area contributed by atoms with E-state index in [1.54, 1.807) is 18.4 Å². The number of quaternary nitrogens is 1. The second kappa shape index (κ2) is 8.52. The molecule has 3 rings (SSSR count). The highest BCUT2D eigenvalue weighted by Crippen LogP contribution is 2.16. The summed E-state index contributed by atoms with van der Waals surface area (Å²) in [7, 11) is 1.69. The SMILES string of the molecule is COc1ccc(C[NH2+]Cc2ccc(OCc3cccs3)cc2)cc1. The minimum Gasteiger partial charge on any atom is -0.497 e. The number of hydrogen-bond acceptors (Lipinski definition) is 3. The van der Waals surface area contributed by atoms with Gasteiger partial charge in [-0.05, 0) is 60.0 Å². The highest BCUT2D eigenvalue weighted by Gasteiger charge is 2.01. The Hall–Kier alpha value is -2.30. The number of methoxy groups -OCH3 is 1. The maximum atomic E-state index is 5.79. The van der Waals surface area contributed by atoms with E-state index in [1.165, 1.54) is 16.0 Å². The van der Waals surface area contributed by atoms with Crippen LogP contribution >= 0.6 is 11.3 Å². The van der Waals surface area contributed by atoms with Crippen molar-refractivity contribution in [3.8, 4) is 11.5 Å². The predicted molar refractivity (Wildman–Crippen MR) is 97.4 cm³/mol. The third kappa shape index (κ3) is 4.85. The first kappa shape index (κ1) is 16.6. The second-order valence-corrected chi connectivity index (χ2v) is 6.59. The standard InChI is InChI=1S/C20H21NO2S/c1-22-18-8-4-16(5-9-18)13-21-14-17-6-10-19(11-7-17)23-15-20-3-2-12-24-20/h2-12,21H,13-15H2,1H3/p+1. The van der Waals surface area contributed by atoms with Crippen LogP contribution in [0.15, 0.2) is 66.0 Å². The quantitative estimate of drug-likeness (QED) is 0.680. The molecule has 124 valence electrons. The van der Waals surface area contributed by atoms with Gasteiger partial charge in [-0.15, -0.1) is 11.3 Å². The summed E-state index contributed by atoms with van der Waals surface area (Å²) in [6.45, 7) is 2.55. The Bertz CT molecular complexity index is 721. The lowest BCUT2D eigenvalue weighted by atomic mass is 10.2. The second-order valence-electron chi connectivity index (χ2n) is 5.56. The normalized spacial score (nSPS) is 10.5. The van der Waals surface area contributed by atoms with Gasteiger partial charge in [0.25, 0.3) is 0 Å². The Morgan fingerprint density at radius 3 is 2.00 bits per heavy atom. The molecule has 0 radical (unpaired) electrons. The molecule has 2 aromatic carbocycles. The van der Waals surface area contributed by atoms with E-state index in [4.69, 9.17) is 9.47 Å². The lowest BCUT2D eigenvalue weighted by Crippen LogP contribution is -2.80. The van der Waals surface area contributed by atoms with Gasteiger partial charge in [-0.2, -0.15) is 0 Å². The molecular weight excluding hydrogens is 318 g/mol. The molecule has 0 aliphatic carbocycles. The molecule has 3 aromatic rings. The van der Waals surface area contributed by atoms with E-state index in [0.717, 1.165) is 24.6 Å². The number of thiophene rings is 1. The fraction of sp³-hybridized carbons (Fsp3) is 0.200. The van der Waals surface area contributed by atoms with Crippen LogP contribution in [0, 0.1) is 0 Å². The summed E-state index contributed by atoms with van der Waals surface area (Å²) in [5, 5.41) is 4.36. The van der Waals surface area contributed by atoms with Crippen LogP contribution in [0.5, 0.6) is 11.5 Å². The average molecular weight is 340 g/mol. The van der Waals surface area contributed by atoms with Gasteiger partial charge < -0.3 is 14.8 Å². The molecule has 4 heteroatoms. The van der Waals surface area contributed by atoms with Gasteiger partial charge in [-0.1, -0.05) is 6.07 Å². The summed E-state index contributed by atoms with van der Waals surface area (Å²) < 4.78 is 11.0. The van der Waals surface area contributed by atoms with Crippen molar-refractivity contribution in [3.63, 3.8) is 0 Å². The number of rotatable bonds is 8. The van der Waals surface area contributed by atoms with Crippen molar-refractivity contribution in [2.75, 3.05) is 7.11 Å². The summed E-state index contributed by atoms with van der Waals surface area (Å²) in [5.74, 6) is 1.82. The smallest absolute Gasteiger partial charge is 0.122 e. The first-order valence-electron chi connectivity index (χ1n) is 8.02. The Kier molecular flexibility index (Phi) is 5.88. The molecule has 0 aliphatic rings.